The lowest BCUT2D eigenvalue weighted by Crippen LogP contribution is -2.29. The number of halogens is 1. The van der Waals surface area contributed by atoms with Gasteiger partial charge in [0, 0.05) is 17.4 Å². The van der Waals surface area contributed by atoms with Gasteiger partial charge in [-0.2, -0.15) is 0 Å². The van der Waals surface area contributed by atoms with Crippen LogP contribution in [0.2, 0.25) is 0 Å². The number of carbonyl (C=O) groups is 1. The SMILES string of the molecule is CC(O)CC(C)CNC(=O)CCc1ccccc1Br. The molecule has 1 rings (SSSR count). The van der Waals surface area contributed by atoms with Crippen molar-refractivity contribution in [2.75, 3.05) is 6.54 Å². The second kappa shape index (κ2) is 8.33. The summed E-state index contributed by atoms with van der Waals surface area (Å²) in [5.74, 6) is 0.362. The van der Waals surface area contributed by atoms with Gasteiger partial charge in [-0.1, -0.05) is 41.1 Å². The first-order valence-electron chi connectivity index (χ1n) is 6.67. The number of hydrogen-bond donors (Lipinski definition) is 2. The van der Waals surface area contributed by atoms with Crippen molar-refractivity contribution in [2.24, 2.45) is 5.92 Å². The normalized spacial score (nSPS) is 13.9. The molecule has 1 aromatic rings. The Morgan fingerprint density at radius 2 is 2.05 bits per heavy atom. The lowest BCUT2D eigenvalue weighted by molar-refractivity contribution is -0.121. The van der Waals surface area contributed by atoms with E-state index in [9.17, 15) is 9.90 Å². The minimum Gasteiger partial charge on any atom is -0.393 e. The molecule has 2 atom stereocenters. The van der Waals surface area contributed by atoms with Gasteiger partial charge in [-0.3, -0.25) is 4.79 Å². The first kappa shape index (κ1) is 16.2. The maximum absolute atomic E-state index is 11.7. The van der Waals surface area contributed by atoms with Crippen LogP contribution in [0, 0.1) is 5.92 Å². The Bertz CT molecular complexity index is 407. The monoisotopic (exact) mass is 327 g/mol. The zero-order chi connectivity index (χ0) is 14.3. The highest BCUT2D eigenvalue weighted by Gasteiger charge is 2.09. The van der Waals surface area contributed by atoms with Gasteiger partial charge in [-0.05, 0) is 37.3 Å². The smallest absolute Gasteiger partial charge is 0.220 e. The number of aryl methyl sites for hydroxylation is 1. The zero-order valence-electron chi connectivity index (χ0n) is 11.5. The summed E-state index contributed by atoms with van der Waals surface area (Å²) in [5, 5.41) is 12.2. The molecule has 106 valence electrons. The van der Waals surface area contributed by atoms with Crippen molar-refractivity contribution in [3.63, 3.8) is 0 Å². The molecular weight excluding hydrogens is 306 g/mol. The average molecular weight is 328 g/mol. The molecule has 0 aliphatic carbocycles. The molecule has 0 spiro atoms. The topological polar surface area (TPSA) is 49.3 Å². The molecule has 19 heavy (non-hydrogen) atoms. The van der Waals surface area contributed by atoms with Gasteiger partial charge in [0.15, 0.2) is 0 Å². The molecule has 0 aromatic heterocycles. The molecule has 4 heteroatoms. The molecule has 1 amide bonds. The maximum Gasteiger partial charge on any atom is 0.220 e. The van der Waals surface area contributed by atoms with Gasteiger partial charge in [-0.25, -0.2) is 0 Å². The van der Waals surface area contributed by atoms with Crippen LogP contribution in [-0.2, 0) is 11.2 Å². The molecule has 0 saturated heterocycles. The third-order valence-electron chi connectivity index (χ3n) is 2.97. The third-order valence-corrected chi connectivity index (χ3v) is 3.74. The van der Waals surface area contributed by atoms with E-state index in [4.69, 9.17) is 0 Å². The number of aliphatic hydroxyl groups excluding tert-OH is 1. The van der Waals surface area contributed by atoms with Gasteiger partial charge >= 0.3 is 0 Å². The summed E-state index contributed by atoms with van der Waals surface area (Å²) in [6, 6.07) is 7.94. The fourth-order valence-electron chi connectivity index (χ4n) is 1.99. The van der Waals surface area contributed by atoms with E-state index in [-0.39, 0.29) is 12.0 Å². The average Bonchev–Trinajstić information content (AvgIpc) is 2.34. The van der Waals surface area contributed by atoms with Crippen molar-refractivity contribution in [1.29, 1.82) is 0 Å². The summed E-state index contributed by atoms with van der Waals surface area (Å²) in [4.78, 5) is 11.7. The Balaban J connectivity index is 2.27. The maximum atomic E-state index is 11.7. The van der Waals surface area contributed by atoms with Crippen molar-refractivity contribution in [3.8, 4) is 0 Å². The van der Waals surface area contributed by atoms with Crippen molar-refractivity contribution in [1.82, 2.24) is 5.32 Å². The van der Waals surface area contributed by atoms with Gasteiger partial charge in [-0.15, -0.1) is 0 Å². The molecule has 0 aliphatic rings. The van der Waals surface area contributed by atoms with E-state index in [0.717, 1.165) is 16.5 Å². The van der Waals surface area contributed by atoms with Crippen LogP contribution >= 0.6 is 15.9 Å². The van der Waals surface area contributed by atoms with Gasteiger partial charge in [0.05, 0.1) is 6.10 Å². The minimum atomic E-state index is -0.313. The van der Waals surface area contributed by atoms with Crippen LogP contribution in [0.5, 0.6) is 0 Å². The number of amides is 1. The molecule has 3 nitrogen and oxygen atoms in total. The molecule has 0 radical (unpaired) electrons. The van der Waals surface area contributed by atoms with Crippen LogP contribution < -0.4 is 5.32 Å². The Kier molecular flexibility index (Phi) is 7.10. The largest absolute Gasteiger partial charge is 0.393 e. The first-order valence-corrected chi connectivity index (χ1v) is 7.46. The fraction of sp³-hybridized carbons (Fsp3) is 0.533. The highest BCUT2D eigenvalue weighted by molar-refractivity contribution is 9.10. The molecule has 0 fully saturated rings. The van der Waals surface area contributed by atoms with Crippen LogP contribution in [-0.4, -0.2) is 23.7 Å². The number of benzene rings is 1. The summed E-state index contributed by atoms with van der Waals surface area (Å²) in [6.45, 7) is 4.42. The number of aliphatic hydroxyl groups is 1. The number of carbonyl (C=O) groups excluding carboxylic acids is 1. The summed E-state index contributed by atoms with van der Waals surface area (Å²) >= 11 is 3.48. The van der Waals surface area contributed by atoms with E-state index < -0.39 is 0 Å². The Morgan fingerprint density at radius 1 is 1.37 bits per heavy atom. The quantitative estimate of drug-likeness (QED) is 0.809. The van der Waals surface area contributed by atoms with Crippen LogP contribution in [0.15, 0.2) is 28.7 Å². The number of nitrogens with one attached hydrogen (secondary N) is 1. The lowest BCUT2D eigenvalue weighted by Gasteiger charge is -2.14. The van der Waals surface area contributed by atoms with Gasteiger partial charge in [0.1, 0.15) is 0 Å². The van der Waals surface area contributed by atoms with Crippen LogP contribution in [0.1, 0.15) is 32.3 Å². The zero-order valence-corrected chi connectivity index (χ0v) is 13.1. The summed E-state index contributed by atoms with van der Waals surface area (Å²) < 4.78 is 1.05. The van der Waals surface area contributed by atoms with Gasteiger partial charge < -0.3 is 10.4 Å². The summed E-state index contributed by atoms with van der Waals surface area (Å²) in [6.07, 6.45) is 1.62. The summed E-state index contributed by atoms with van der Waals surface area (Å²) in [5.41, 5.74) is 1.15. The number of rotatable bonds is 7. The van der Waals surface area contributed by atoms with Gasteiger partial charge in [0.25, 0.3) is 0 Å². The molecule has 0 heterocycles. The molecule has 2 N–H and O–H groups in total. The molecule has 0 aliphatic heterocycles. The lowest BCUT2D eigenvalue weighted by atomic mass is 10.0. The predicted molar refractivity (Wildman–Crippen MR) is 80.9 cm³/mol. The highest BCUT2D eigenvalue weighted by atomic mass is 79.9. The Hall–Kier alpha value is -0.870. The van der Waals surface area contributed by atoms with Crippen LogP contribution in [0.3, 0.4) is 0 Å². The van der Waals surface area contributed by atoms with E-state index >= 15 is 0 Å². The van der Waals surface area contributed by atoms with Crippen molar-refractivity contribution in [3.05, 3.63) is 34.3 Å². The molecule has 2 unspecified atom stereocenters. The molecular formula is C15H22BrNO2. The van der Waals surface area contributed by atoms with E-state index in [0.29, 0.717) is 25.3 Å². The molecule has 1 aromatic carbocycles. The Labute approximate surface area is 123 Å². The second-order valence-electron chi connectivity index (χ2n) is 5.09. The third kappa shape index (κ3) is 6.73. The van der Waals surface area contributed by atoms with Crippen molar-refractivity contribution in [2.45, 2.75) is 39.2 Å². The predicted octanol–water partition coefficient (Wildman–Crippen LogP) is 2.90. The number of hydrogen-bond acceptors (Lipinski definition) is 2. The van der Waals surface area contributed by atoms with E-state index in [2.05, 4.69) is 21.2 Å². The fourth-order valence-corrected chi connectivity index (χ4v) is 2.47. The van der Waals surface area contributed by atoms with E-state index in [1.54, 1.807) is 6.92 Å². The Morgan fingerprint density at radius 3 is 2.68 bits per heavy atom. The van der Waals surface area contributed by atoms with E-state index in [1.807, 2.05) is 31.2 Å². The first-order chi connectivity index (χ1) is 8.99. The van der Waals surface area contributed by atoms with Crippen molar-refractivity contribution < 1.29 is 9.90 Å². The second-order valence-corrected chi connectivity index (χ2v) is 5.94. The minimum absolute atomic E-state index is 0.0631. The van der Waals surface area contributed by atoms with Crippen molar-refractivity contribution >= 4 is 21.8 Å². The van der Waals surface area contributed by atoms with Gasteiger partial charge in [0.2, 0.25) is 5.91 Å². The highest BCUT2D eigenvalue weighted by Crippen LogP contribution is 2.17. The van der Waals surface area contributed by atoms with Crippen LogP contribution in [0.25, 0.3) is 0 Å². The standard InChI is InChI=1S/C15H22BrNO2/c1-11(9-12(2)18)10-17-15(19)8-7-13-5-3-4-6-14(13)16/h3-6,11-12,18H,7-10H2,1-2H3,(H,17,19). The van der Waals surface area contributed by atoms with E-state index in [1.165, 1.54) is 0 Å². The molecule has 0 bridgehead atoms. The van der Waals surface area contributed by atoms with Crippen LogP contribution in [0.4, 0.5) is 0 Å². The summed E-state index contributed by atoms with van der Waals surface area (Å²) in [7, 11) is 0. The molecule has 0 saturated carbocycles.